The summed E-state index contributed by atoms with van der Waals surface area (Å²) in [6.07, 6.45) is 5.27. The summed E-state index contributed by atoms with van der Waals surface area (Å²) in [6, 6.07) is 1.27. The number of amides is 2. The number of alkyl halides is 2. The lowest BCUT2D eigenvalue weighted by atomic mass is 9.90. The first-order valence-electron chi connectivity index (χ1n) is 11.1. The summed E-state index contributed by atoms with van der Waals surface area (Å²) in [6.45, 7) is -3.16. The largest absolute Gasteiger partial charge is 0.465 e. The second-order valence-corrected chi connectivity index (χ2v) is 8.04. The fourth-order valence-corrected chi connectivity index (χ4v) is 3.99. The van der Waals surface area contributed by atoms with Crippen molar-refractivity contribution in [1.29, 1.82) is 0 Å². The molecule has 1 aliphatic carbocycles. The molecule has 0 saturated heterocycles. The maximum absolute atomic E-state index is 14.9. The Balaban J connectivity index is 1.67. The molecule has 4 rings (SSSR count). The molecule has 0 bridgehead atoms. The van der Waals surface area contributed by atoms with Crippen LogP contribution in [0.3, 0.4) is 0 Å². The molecule has 13 nitrogen and oxygen atoms in total. The Morgan fingerprint density at radius 1 is 1.14 bits per heavy atom. The number of pyridine rings is 2. The van der Waals surface area contributed by atoms with Crippen LogP contribution >= 0.6 is 0 Å². The minimum Gasteiger partial charge on any atom is -0.465 e. The number of carbonyl (C=O) groups excluding carboxylic acids is 1. The average molecular weight is 521 g/mol. The standard InChI is InChI=1S/C21H22F3N9O4/c22-12-8-11(16(25)34)17(32-18(12)30-13-3-1-2-4-14(13)31-21(35)36)29-10-7-15(33-27-5-6-28-33)19(26-9-10)37-20(23)24/h5-9,13-14,20,31H,1-4H2,(H2,25,34)(H,35,36)(H2,29,30,32)/t13-,14+/m1/s1. The lowest BCUT2D eigenvalue weighted by Gasteiger charge is -2.32. The Bertz CT molecular complexity index is 1280. The van der Waals surface area contributed by atoms with E-state index in [1.54, 1.807) is 0 Å². The smallest absolute Gasteiger partial charge is 0.404 e. The first-order chi connectivity index (χ1) is 17.7. The van der Waals surface area contributed by atoms with Gasteiger partial charge in [0.15, 0.2) is 11.6 Å². The van der Waals surface area contributed by atoms with Crippen LogP contribution in [0.2, 0.25) is 0 Å². The molecule has 0 unspecified atom stereocenters. The van der Waals surface area contributed by atoms with Crippen molar-refractivity contribution in [2.75, 3.05) is 10.6 Å². The van der Waals surface area contributed by atoms with E-state index in [0.717, 1.165) is 29.9 Å². The highest BCUT2D eigenvalue weighted by Crippen LogP contribution is 2.29. The number of carboxylic acid groups (broad SMARTS) is 1. The van der Waals surface area contributed by atoms with Crippen LogP contribution in [-0.4, -0.2) is 60.8 Å². The highest BCUT2D eigenvalue weighted by Gasteiger charge is 2.28. The molecule has 0 radical (unpaired) electrons. The van der Waals surface area contributed by atoms with E-state index < -0.39 is 42.4 Å². The summed E-state index contributed by atoms with van der Waals surface area (Å²) in [4.78, 5) is 32.2. The van der Waals surface area contributed by atoms with Crippen molar-refractivity contribution in [3.05, 3.63) is 42.1 Å². The van der Waals surface area contributed by atoms with Crippen molar-refractivity contribution >= 4 is 29.3 Å². The summed E-state index contributed by atoms with van der Waals surface area (Å²) in [7, 11) is 0. The number of anilines is 3. The van der Waals surface area contributed by atoms with Crippen molar-refractivity contribution in [2.45, 2.75) is 44.4 Å². The number of nitrogens with one attached hydrogen (secondary N) is 3. The molecule has 2 atom stereocenters. The molecule has 2 amide bonds. The van der Waals surface area contributed by atoms with Gasteiger partial charge >= 0.3 is 12.7 Å². The van der Waals surface area contributed by atoms with Gasteiger partial charge in [-0.15, -0.1) is 4.80 Å². The van der Waals surface area contributed by atoms with Crippen molar-refractivity contribution in [2.24, 2.45) is 5.73 Å². The molecular weight excluding hydrogens is 499 g/mol. The van der Waals surface area contributed by atoms with Gasteiger partial charge < -0.3 is 31.5 Å². The van der Waals surface area contributed by atoms with Crippen molar-refractivity contribution < 1.29 is 32.6 Å². The molecule has 6 N–H and O–H groups in total. The molecule has 3 heterocycles. The highest BCUT2D eigenvalue weighted by molar-refractivity contribution is 5.98. The van der Waals surface area contributed by atoms with E-state index in [9.17, 15) is 22.8 Å². The SMILES string of the molecule is NC(=O)c1cc(F)c(N[C@@H]2CCCC[C@@H]2NC(=O)O)nc1Nc1cnc(OC(F)F)c(-n2nccn2)c1. The number of hydrogen-bond acceptors (Lipinski definition) is 9. The number of halogens is 3. The molecule has 0 spiro atoms. The third-order valence-electron chi connectivity index (χ3n) is 5.57. The summed E-state index contributed by atoms with van der Waals surface area (Å²) >= 11 is 0. The van der Waals surface area contributed by atoms with Crippen molar-refractivity contribution in [3.8, 4) is 11.6 Å². The molecule has 196 valence electrons. The molecule has 37 heavy (non-hydrogen) atoms. The lowest BCUT2D eigenvalue weighted by Crippen LogP contribution is -2.48. The topological polar surface area (TPSA) is 182 Å². The Morgan fingerprint density at radius 2 is 1.84 bits per heavy atom. The van der Waals surface area contributed by atoms with E-state index >= 15 is 0 Å². The van der Waals surface area contributed by atoms with E-state index in [1.165, 1.54) is 18.5 Å². The average Bonchev–Trinajstić information content (AvgIpc) is 3.37. The van der Waals surface area contributed by atoms with Gasteiger partial charge in [-0.05, 0) is 25.0 Å². The Morgan fingerprint density at radius 3 is 2.49 bits per heavy atom. The van der Waals surface area contributed by atoms with Gasteiger partial charge in [0.1, 0.15) is 11.5 Å². The third kappa shape index (κ3) is 6.14. The van der Waals surface area contributed by atoms with Crippen molar-refractivity contribution in [1.82, 2.24) is 30.3 Å². The monoisotopic (exact) mass is 521 g/mol. The van der Waals surface area contributed by atoms with Gasteiger partial charge in [-0.25, -0.2) is 19.2 Å². The zero-order valence-electron chi connectivity index (χ0n) is 19.1. The second-order valence-electron chi connectivity index (χ2n) is 8.04. The normalized spacial score (nSPS) is 17.3. The minimum absolute atomic E-state index is 0.0545. The van der Waals surface area contributed by atoms with Gasteiger partial charge in [0.25, 0.3) is 5.91 Å². The number of carbonyl (C=O) groups is 2. The highest BCUT2D eigenvalue weighted by atomic mass is 19.3. The molecule has 1 fully saturated rings. The fraction of sp³-hybridized carbons (Fsp3) is 0.333. The summed E-state index contributed by atoms with van der Waals surface area (Å²) in [5.41, 5.74) is 5.21. The molecule has 1 saturated carbocycles. The summed E-state index contributed by atoms with van der Waals surface area (Å²) < 4.78 is 45.0. The van der Waals surface area contributed by atoms with Crippen molar-refractivity contribution in [3.63, 3.8) is 0 Å². The van der Waals surface area contributed by atoms with Crippen LogP contribution in [-0.2, 0) is 0 Å². The van der Waals surface area contributed by atoms with E-state index in [1.807, 2.05) is 0 Å². The summed E-state index contributed by atoms with van der Waals surface area (Å²) in [5.74, 6) is -2.72. The van der Waals surface area contributed by atoms with Crippen LogP contribution in [0.4, 0.5) is 35.3 Å². The first-order valence-corrected chi connectivity index (χ1v) is 11.1. The number of aromatic nitrogens is 5. The number of primary amides is 1. The quantitative estimate of drug-likeness (QED) is 0.281. The number of rotatable bonds is 9. The zero-order valence-corrected chi connectivity index (χ0v) is 19.1. The van der Waals surface area contributed by atoms with E-state index in [2.05, 4.69) is 40.9 Å². The van der Waals surface area contributed by atoms with Gasteiger partial charge in [-0.3, -0.25) is 4.79 Å². The van der Waals surface area contributed by atoms with E-state index in [-0.39, 0.29) is 28.6 Å². The van der Waals surface area contributed by atoms with Gasteiger partial charge in [0.2, 0.25) is 5.88 Å². The zero-order chi connectivity index (χ0) is 26.5. The van der Waals surface area contributed by atoms with Crippen LogP contribution < -0.4 is 26.4 Å². The maximum atomic E-state index is 14.9. The second kappa shape index (κ2) is 11.0. The Hall–Kier alpha value is -4.63. The summed E-state index contributed by atoms with van der Waals surface area (Å²) in [5, 5.41) is 25.0. The molecule has 3 aromatic heterocycles. The number of nitrogens with zero attached hydrogens (tertiary/aromatic N) is 5. The predicted octanol–water partition coefficient (Wildman–Crippen LogP) is 2.63. The van der Waals surface area contributed by atoms with Gasteiger partial charge in [-0.1, -0.05) is 12.8 Å². The molecular formula is C21H22F3N9O4. The Kier molecular flexibility index (Phi) is 7.55. The van der Waals surface area contributed by atoms with Gasteiger partial charge in [0, 0.05) is 6.04 Å². The van der Waals surface area contributed by atoms with E-state index in [0.29, 0.717) is 12.8 Å². The minimum atomic E-state index is -3.16. The first kappa shape index (κ1) is 25.5. The van der Waals surface area contributed by atoms with Crippen LogP contribution in [0.25, 0.3) is 5.69 Å². The van der Waals surface area contributed by atoms with Crippen LogP contribution in [0.15, 0.2) is 30.7 Å². The fourth-order valence-electron chi connectivity index (χ4n) is 3.99. The maximum Gasteiger partial charge on any atom is 0.404 e. The van der Waals surface area contributed by atoms with Crippen LogP contribution in [0.1, 0.15) is 36.0 Å². The molecule has 0 aromatic carbocycles. The van der Waals surface area contributed by atoms with Gasteiger partial charge in [-0.2, -0.15) is 19.0 Å². The third-order valence-corrected chi connectivity index (χ3v) is 5.57. The van der Waals surface area contributed by atoms with Crippen LogP contribution in [0.5, 0.6) is 5.88 Å². The van der Waals surface area contributed by atoms with E-state index in [4.69, 9.17) is 10.8 Å². The number of hydrogen-bond donors (Lipinski definition) is 5. The van der Waals surface area contributed by atoms with Crippen LogP contribution in [0, 0.1) is 5.82 Å². The number of ether oxygens (including phenoxy) is 1. The molecule has 3 aromatic rings. The lowest BCUT2D eigenvalue weighted by molar-refractivity contribution is -0.0529. The molecule has 16 heteroatoms. The number of nitrogens with two attached hydrogens (primary N) is 1. The Labute approximate surface area is 207 Å². The van der Waals surface area contributed by atoms with Gasteiger partial charge in [0.05, 0.1) is 35.9 Å². The molecule has 1 aliphatic rings. The molecule has 0 aliphatic heterocycles. The predicted molar refractivity (Wildman–Crippen MR) is 123 cm³/mol.